The fraction of sp³-hybridized carbons (Fsp3) is 0.750. The molecule has 1 rings (SSSR count). The molecule has 0 aromatic carbocycles. The summed E-state index contributed by atoms with van der Waals surface area (Å²) in [6.45, 7) is 4.77. The van der Waals surface area contributed by atoms with Crippen LogP contribution in [0.4, 0.5) is 0 Å². The van der Waals surface area contributed by atoms with Gasteiger partial charge in [0.15, 0.2) is 0 Å². The minimum absolute atomic E-state index is 0.138. The maximum Gasteiger partial charge on any atom is 0.106 e. The number of nitrogens with one attached hydrogen (secondary N) is 1. The van der Waals surface area contributed by atoms with Gasteiger partial charge in [-0.15, -0.1) is 0 Å². The lowest BCUT2D eigenvalue weighted by Crippen LogP contribution is -2.49. The van der Waals surface area contributed by atoms with E-state index < -0.39 is 0 Å². The van der Waals surface area contributed by atoms with Crippen LogP contribution in [0, 0.1) is 0 Å². The summed E-state index contributed by atoms with van der Waals surface area (Å²) < 4.78 is 0. The highest BCUT2D eigenvalue weighted by Gasteiger charge is 2.18. The predicted molar refractivity (Wildman–Crippen MR) is 45.7 cm³/mol. The van der Waals surface area contributed by atoms with Crippen molar-refractivity contribution in [2.45, 2.75) is 13.0 Å². The number of aliphatic hydroxyl groups is 1. The van der Waals surface area contributed by atoms with Gasteiger partial charge < -0.3 is 15.3 Å². The molecule has 1 unspecified atom stereocenters. The Morgan fingerprint density at radius 1 is 1.73 bits per heavy atom. The first-order chi connectivity index (χ1) is 5.24. The molecule has 11 heavy (non-hydrogen) atoms. The molecule has 1 saturated heterocycles. The van der Waals surface area contributed by atoms with Crippen molar-refractivity contribution in [2.75, 3.05) is 26.7 Å². The molecule has 0 aromatic heterocycles. The van der Waals surface area contributed by atoms with Crippen LogP contribution in [0.15, 0.2) is 11.8 Å². The van der Waals surface area contributed by atoms with Crippen molar-refractivity contribution in [1.29, 1.82) is 0 Å². The van der Waals surface area contributed by atoms with Crippen LogP contribution in [-0.2, 0) is 0 Å². The van der Waals surface area contributed by atoms with Crippen molar-refractivity contribution < 1.29 is 5.11 Å². The molecule has 0 aliphatic carbocycles. The highest BCUT2D eigenvalue weighted by molar-refractivity contribution is 5.02. The monoisotopic (exact) mass is 156 g/mol. The maximum absolute atomic E-state index is 9.37. The molecule has 3 heteroatoms. The largest absolute Gasteiger partial charge is 0.511 e. The van der Waals surface area contributed by atoms with Crippen molar-refractivity contribution in [1.82, 2.24) is 10.2 Å². The van der Waals surface area contributed by atoms with E-state index in [9.17, 15) is 5.11 Å². The smallest absolute Gasteiger partial charge is 0.106 e. The molecule has 0 spiro atoms. The summed E-state index contributed by atoms with van der Waals surface area (Å²) in [5, 5.41) is 12.6. The first-order valence-corrected chi connectivity index (χ1v) is 4.01. The number of hydrogen-bond donors (Lipinski definition) is 2. The molecule has 0 radical (unpaired) electrons. The summed E-state index contributed by atoms with van der Waals surface area (Å²) >= 11 is 0. The van der Waals surface area contributed by atoms with Crippen LogP contribution >= 0.6 is 0 Å². The van der Waals surface area contributed by atoms with Crippen molar-refractivity contribution in [3.63, 3.8) is 0 Å². The molecule has 2 N–H and O–H groups in total. The topological polar surface area (TPSA) is 35.5 Å². The molecule has 1 fully saturated rings. The molecule has 1 atom stereocenters. The third-order valence-electron chi connectivity index (χ3n) is 2.03. The first kappa shape index (κ1) is 8.56. The maximum atomic E-state index is 9.37. The lowest BCUT2D eigenvalue weighted by Gasteiger charge is -2.30. The number of allylic oxidation sites excluding steroid dienone is 1. The predicted octanol–water partition coefficient (Wildman–Crippen LogP) is 0.352. The van der Waals surface area contributed by atoms with Crippen molar-refractivity contribution in [3.05, 3.63) is 11.8 Å². The summed E-state index contributed by atoms with van der Waals surface area (Å²) in [6, 6.07) is 0.138. The van der Waals surface area contributed by atoms with E-state index in [-0.39, 0.29) is 6.04 Å². The average Bonchev–Trinajstić information content (AvgIpc) is 2.03. The molecule has 3 nitrogen and oxygen atoms in total. The van der Waals surface area contributed by atoms with Crippen LogP contribution in [0.5, 0.6) is 0 Å². The Hall–Kier alpha value is -0.540. The Morgan fingerprint density at radius 3 is 3.00 bits per heavy atom. The number of piperazine rings is 1. The van der Waals surface area contributed by atoms with Gasteiger partial charge in [-0.1, -0.05) is 0 Å². The second kappa shape index (κ2) is 3.74. The Kier molecular flexibility index (Phi) is 2.91. The molecule has 64 valence electrons. The summed E-state index contributed by atoms with van der Waals surface area (Å²) in [6.07, 6.45) is 1.75. The van der Waals surface area contributed by atoms with Crippen molar-refractivity contribution in [2.24, 2.45) is 0 Å². The number of hydrogen-bond acceptors (Lipinski definition) is 3. The Balaban J connectivity index is 2.46. The van der Waals surface area contributed by atoms with Crippen LogP contribution < -0.4 is 5.32 Å². The normalized spacial score (nSPS) is 28.9. The Morgan fingerprint density at radius 2 is 2.45 bits per heavy atom. The van der Waals surface area contributed by atoms with Gasteiger partial charge in [0.1, 0.15) is 5.76 Å². The second-order valence-electron chi connectivity index (χ2n) is 2.98. The molecule has 0 bridgehead atoms. The Labute approximate surface area is 67.7 Å². The van der Waals surface area contributed by atoms with E-state index in [1.165, 1.54) is 0 Å². The number of likely N-dealkylation sites (N-methyl/N-ethyl adjacent to an activating group) is 1. The van der Waals surface area contributed by atoms with Gasteiger partial charge in [-0.05, 0) is 20.0 Å². The molecule has 0 saturated carbocycles. The van der Waals surface area contributed by atoms with E-state index in [2.05, 4.69) is 17.3 Å². The standard InChI is InChI=1S/C8H16N2O/c1-3-8(11)7-6-10(2)5-4-9-7/h3,7,9,11H,4-6H2,1-2H3/b8-3+. The number of nitrogens with zero attached hydrogens (tertiary/aromatic N) is 1. The number of aliphatic hydroxyl groups excluding tert-OH is 1. The quantitative estimate of drug-likeness (QED) is 0.538. The fourth-order valence-electron chi connectivity index (χ4n) is 1.30. The lowest BCUT2D eigenvalue weighted by atomic mass is 10.2. The van der Waals surface area contributed by atoms with Gasteiger partial charge in [0.05, 0.1) is 6.04 Å². The zero-order valence-electron chi connectivity index (χ0n) is 7.17. The summed E-state index contributed by atoms with van der Waals surface area (Å²) in [5.41, 5.74) is 0. The van der Waals surface area contributed by atoms with Crippen LogP contribution in [0.2, 0.25) is 0 Å². The average molecular weight is 156 g/mol. The fourth-order valence-corrected chi connectivity index (χ4v) is 1.30. The van der Waals surface area contributed by atoms with Gasteiger partial charge in [0.2, 0.25) is 0 Å². The SMILES string of the molecule is C/C=C(/O)C1CN(C)CCN1. The highest BCUT2D eigenvalue weighted by atomic mass is 16.3. The molecular weight excluding hydrogens is 140 g/mol. The van der Waals surface area contributed by atoms with Gasteiger partial charge in [0, 0.05) is 19.6 Å². The van der Waals surface area contributed by atoms with E-state index in [0.717, 1.165) is 19.6 Å². The third kappa shape index (κ3) is 2.20. The van der Waals surface area contributed by atoms with E-state index in [1.54, 1.807) is 6.08 Å². The van der Waals surface area contributed by atoms with Crippen LogP contribution in [0.1, 0.15) is 6.92 Å². The molecule has 1 aliphatic rings. The highest BCUT2D eigenvalue weighted by Crippen LogP contribution is 2.03. The summed E-state index contributed by atoms with van der Waals surface area (Å²) in [5.74, 6) is 0.455. The molecule has 1 heterocycles. The van der Waals surface area contributed by atoms with E-state index >= 15 is 0 Å². The van der Waals surface area contributed by atoms with Crippen molar-refractivity contribution >= 4 is 0 Å². The summed E-state index contributed by atoms with van der Waals surface area (Å²) in [7, 11) is 2.07. The minimum Gasteiger partial charge on any atom is -0.511 e. The zero-order chi connectivity index (χ0) is 8.27. The van der Waals surface area contributed by atoms with Gasteiger partial charge >= 0.3 is 0 Å². The molecular formula is C8H16N2O. The van der Waals surface area contributed by atoms with Gasteiger partial charge in [-0.3, -0.25) is 0 Å². The van der Waals surface area contributed by atoms with Crippen molar-refractivity contribution in [3.8, 4) is 0 Å². The van der Waals surface area contributed by atoms with E-state index in [0.29, 0.717) is 5.76 Å². The molecule has 0 amide bonds. The van der Waals surface area contributed by atoms with E-state index in [1.807, 2.05) is 6.92 Å². The minimum atomic E-state index is 0.138. The van der Waals surface area contributed by atoms with Crippen LogP contribution in [0.25, 0.3) is 0 Å². The van der Waals surface area contributed by atoms with E-state index in [4.69, 9.17) is 0 Å². The van der Waals surface area contributed by atoms with Gasteiger partial charge in [0.25, 0.3) is 0 Å². The van der Waals surface area contributed by atoms with Gasteiger partial charge in [-0.25, -0.2) is 0 Å². The lowest BCUT2D eigenvalue weighted by molar-refractivity contribution is 0.217. The Bertz CT molecular complexity index is 156. The van der Waals surface area contributed by atoms with Gasteiger partial charge in [-0.2, -0.15) is 0 Å². The molecule has 1 aliphatic heterocycles. The second-order valence-corrected chi connectivity index (χ2v) is 2.98. The zero-order valence-corrected chi connectivity index (χ0v) is 7.17. The van der Waals surface area contributed by atoms with Crippen LogP contribution in [0.3, 0.4) is 0 Å². The van der Waals surface area contributed by atoms with Crippen LogP contribution in [-0.4, -0.2) is 42.7 Å². The summed E-state index contributed by atoms with van der Waals surface area (Å²) in [4.78, 5) is 2.21. The molecule has 0 aromatic rings. The third-order valence-corrected chi connectivity index (χ3v) is 2.03. The first-order valence-electron chi connectivity index (χ1n) is 4.01. The number of rotatable bonds is 1.